The number of piperidine rings is 1. The Morgan fingerprint density at radius 2 is 1.63 bits per heavy atom. The molecule has 0 saturated carbocycles. The summed E-state index contributed by atoms with van der Waals surface area (Å²) in [7, 11) is -2.35. The Hall–Kier alpha value is -3.01. The van der Waals surface area contributed by atoms with E-state index in [0.717, 1.165) is 16.9 Å². The minimum absolute atomic E-state index is 0.160. The molecule has 0 spiro atoms. The third-order valence-corrected chi connectivity index (χ3v) is 9.01. The van der Waals surface area contributed by atoms with Crippen molar-refractivity contribution in [1.29, 1.82) is 0 Å². The third-order valence-electron chi connectivity index (χ3n) is 6.00. The number of esters is 1. The number of sulfonamides is 1. The van der Waals surface area contributed by atoms with Gasteiger partial charge in [-0.1, -0.05) is 44.2 Å². The number of benzene rings is 2. The van der Waals surface area contributed by atoms with Crippen LogP contribution in [0.1, 0.15) is 40.3 Å². The number of ether oxygens (including phenoxy) is 1. The second-order valence-electron chi connectivity index (χ2n) is 8.96. The van der Waals surface area contributed by atoms with Gasteiger partial charge in [0.25, 0.3) is 5.91 Å². The van der Waals surface area contributed by atoms with Gasteiger partial charge in [-0.3, -0.25) is 4.79 Å². The molecular formula is C26H28N2O5S2. The Kier molecular flexibility index (Phi) is 7.39. The number of nitrogens with one attached hydrogen (secondary N) is 1. The molecule has 1 fully saturated rings. The van der Waals surface area contributed by atoms with Crippen molar-refractivity contribution < 1.29 is 22.7 Å². The Labute approximate surface area is 209 Å². The maximum absolute atomic E-state index is 13.1. The molecule has 1 saturated heterocycles. The van der Waals surface area contributed by atoms with Crippen LogP contribution in [0.15, 0.2) is 65.6 Å². The SMILES string of the molecule is COC(=O)c1sc(-c2ccccc2)cc1NC(=O)c1ccc(S(=O)(=O)N2C[C@H](C)C[C@@H](C)C2)cc1. The highest BCUT2D eigenvalue weighted by molar-refractivity contribution is 7.89. The number of carbonyl (C=O) groups is 2. The minimum Gasteiger partial charge on any atom is -0.465 e. The van der Waals surface area contributed by atoms with Crippen molar-refractivity contribution in [3.63, 3.8) is 0 Å². The first-order valence-electron chi connectivity index (χ1n) is 11.4. The van der Waals surface area contributed by atoms with E-state index < -0.39 is 21.9 Å². The van der Waals surface area contributed by atoms with E-state index in [1.807, 2.05) is 30.3 Å². The number of carbonyl (C=O) groups excluding carboxylic acids is 2. The van der Waals surface area contributed by atoms with Gasteiger partial charge in [-0.2, -0.15) is 4.31 Å². The third kappa shape index (κ3) is 5.47. The summed E-state index contributed by atoms with van der Waals surface area (Å²) in [6, 6.07) is 17.2. The highest BCUT2D eigenvalue weighted by Crippen LogP contribution is 2.35. The van der Waals surface area contributed by atoms with Gasteiger partial charge in [-0.25, -0.2) is 13.2 Å². The van der Waals surface area contributed by atoms with E-state index in [-0.39, 0.29) is 15.3 Å². The van der Waals surface area contributed by atoms with Crippen molar-refractivity contribution in [2.45, 2.75) is 25.2 Å². The number of methoxy groups -OCH3 is 1. The average Bonchev–Trinajstić information content (AvgIpc) is 3.27. The van der Waals surface area contributed by atoms with Gasteiger partial charge in [-0.05, 0) is 54.2 Å². The van der Waals surface area contributed by atoms with E-state index in [0.29, 0.717) is 30.6 Å². The number of amides is 1. The van der Waals surface area contributed by atoms with Gasteiger partial charge in [0.2, 0.25) is 10.0 Å². The smallest absolute Gasteiger partial charge is 0.350 e. The zero-order chi connectivity index (χ0) is 25.2. The van der Waals surface area contributed by atoms with E-state index in [1.54, 1.807) is 6.07 Å². The number of hydrogen-bond acceptors (Lipinski definition) is 6. The molecule has 3 aromatic rings. The van der Waals surface area contributed by atoms with Crippen molar-refractivity contribution in [3.05, 3.63) is 71.1 Å². The average molecular weight is 513 g/mol. The molecule has 1 aliphatic rings. The first-order chi connectivity index (χ1) is 16.7. The highest BCUT2D eigenvalue weighted by Gasteiger charge is 2.31. The molecule has 4 rings (SSSR count). The van der Waals surface area contributed by atoms with Gasteiger partial charge < -0.3 is 10.1 Å². The number of nitrogens with zero attached hydrogens (tertiary/aromatic N) is 1. The summed E-state index contributed by atoms with van der Waals surface area (Å²) in [5.41, 5.74) is 1.55. The maximum atomic E-state index is 13.1. The summed E-state index contributed by atoms with van der Waals surface area (Å²) >= 11 is 1.23. The van der Waals surface area contributed by atoms with Gasteiger partial charge in [0.05, 0.1) is 17.7 Å². The molecule has 1 aromatic heterocycles. The van der Waals surface area contributed by atoms with Crippen LogP contribution in [-0.2, 0) is 14.8 Å². The summed E-state index contributed by atoms with van der Waals surface area (Å²) in [6.45, 7) is 5.10. The molecule has 7 nitrogen and oxygen atoms in total. The van der Waals surface area contributed by atoms with Gasteiger partial charge >= 0.3 is 5.97 Å². The number of anilines is 1. The van der Waals surface area contributed by atoms with Crippen molar-refractivity contribution in [1.82, 2.24) is 4.31 Å². The van der Waals surface area contributed by atoms with Crippen LogP contribution >= 0.6 is 11.3 Å². The highest BCUT2D eigenvalue weighted by atomic mass is 32.2. The maximum Gasteiger partial charge on any atom is 0.350 e. The van der Waals surface area contributed by atoms with Crippen LogP contribution in [0.2, 0.25) is 0 Å². The van der Waals surface area contributed by atoms with Crippen LogP contribution < -0.4 is 5.32 Å². The normalized spacial score (nSPS) is 18.7. The lowest BCUT2D eigenvalue weighted by Crippen LogP contribution is -2.42. The largest absolute Gasteiger partial charge is 0.465 e. The van der Waals surface area contributed by atoms with Gasteiger partial charge in [0.1, 0.15) is 4.88 Å². The van der Waals surface area contributed by atoms with Crippen molar-refractivity contribution in [3.8, 4) is 10.4 Å². The molecule has 1 aliphatic heterocycles. The fourth-order valence-electron chi connectivity index (χ4n) is 4.40. The first kappa shape index (κ1) is 25.1. The van der Waals surface area contributed by atoms with Crippen molar-refractivity contribution in [2.75, 3.05) is 25.5 Å². The van der Waals surface area contributed by atoms with E-state index in [9.17, 15) is 18.0 Å². The molecular weight excluding hydrogens is 484 g/mol. The van der Waals surface area contributed by atoms with E-state index in [4.69, 9.17) is 4.74 Å². The minimum atomic E-state index is -3.64. The summed E-state index contributed by atoms with van der Waals surface area (Å²) in [6.07, 6.45) is 1.01. The lowest BCUT2D eigenvalue weighted by atomic mass is 9.94. The fourth-order valence-corrected chi connectivity index (χ4v) is 7.11. The zero-order valence-corrected chi connectivity index (χ0v) is 21.5. The zero-order valence-electron chi connectivity index (χ0n) is 19.9. The van der Waals surface area contributed by atoms with Crippen LogP contribution in [0.5, 0.6) is 0 Å². The van der Waals surface area contributed by atoms with Crippen molar-refractivity contribution >= 4 is 38.9 Å². The van der Waals surface area contributed by atoms with Crippen LogP contribution in [0.3, 0.4) is 0 Å². The summed E-state index contributed by atoms with van der Waals surface area (Å²) in [5, 5.41) is 2.78. The fraction of sp³-hybridized carbons (Fsp3) is 0.308. The number of rotatable bonds is 6. The lowest BCUT2D eigenvalue weighted by Gasteiger charge is -2.34. The molecule has 2 atom stereocenters. The van der Waals surface area contributed by atoms with Crippen LogP contribution in [-0.4, -0.2) is 44.8 Å². The molecule has 0 aliphatic carbocycles. The standard InChI is InChI=1S/C26H28N2O5S2/c1-17-13-18(2)16-28(15-17)35(31,32)21-11-9-20(10-12-21)25(29)27-22-14-23(19-7-5-4-6-8-19)34-24(22)26(30)33-3/h4-12,14,17-18H,13,15-16H2,1-3H3,(H,27,29)/t17-,18-/m1/s1. The van der Waals surface area contributed by atoms with E-state index in [1.165, 1.54) is 47.0 Å². The van der Waals surface area contributed by atoms with Gasteiger partial charge in [-0.15, -0.1) is 11.3 Å². The van der Waals surface area contributed by atoms with Crippen LogP contribution in [0, 0.1) is 11.8 Å². The Bertz CT molecular complexity index is 1310. The summed E-state index contributed by atoms with van der Waals surface area (Å²) < 4.78 is 32.6. The Balaban J connectivity index is 1.55. The predicted molar refractivity (Wildman–Crippen MR) is 137 cm³/mol. The molecule has 2 aromatic carbocycles. The molecule has 35 heavy (non-hydrogen) atoms. The second-order valence-corrected chi connectivity index (χ2v) is 11.9. The summed E-state index contributed by atoms with van der Waals surface area (Å²) in [4.78, 5) is 26.5. The van der Waals surface area contributed by atoms with Gasteiger partial charge in [0, 0.05) is 23.5 Å². The molecule has 2 heterocycles. The monoisotopic (exact) mass is 512 g/mol. The summed E-state index contributed by atoms with van der Waals surface area (Å²) in [5.74, 6) is -0.390. The predicted octanol–water partition coefficient (Wildman–Crippen LogP) is 5.12. The number of thiophene rings is 1. The molecule has 0 radical (unpaired) electrons. The molecule has 184 valence electrons. The first-order valence-corrected chi connectivity index (χ1v) is 13.6. The topological polar surface area (TPSA) is 92.8 Å². The molecule has 9 heteroatoms. The number of hydrogen-bond donors (Lipinski definition) is 1. The van der Waals surface area contributed by atoms with E-state index >= 15 is 0 Å². The van der Waals surface area contributed by atoms with Gasteiger partial charge in [0.15, 0.2) is 0 Å². The second kappa shape index (κ2) is 10.3. The quantitative estimate of drug-likeness (QED) is 0.463. The molecule has 0 bridgehead atoms. The van der Waals surface area contributed by atoms with Crippen molar-refractivity contribution in [2.24, 2.45) is 11.8 Å². The Morgan fingerprint density at radius 3 is 2.23 bits per heavy atom. The molecule has 1 amide bonds. The lowest BCUT2D eigenvalue weighted by molar-refractivity contribution is 0.0607. The van der Waals surface area contributed by atoms with E-state index in [2.05, 4.69) is 19.2 Å². The van der Waals surface area contributed by atoms with Crippen LogP contribution in [0.4, 0.5) is 5.69 Å². The molecule has 0 unspecified atom stereocenters. The molecule has 1 N–H and O–H groups in total. The van der Waals surface area contributed by atoms with Crippen LogP contribution in [0.25, 0.3) is 10.4 Å². The Morgan fingerprint density at radius 1 is 1.00 bits per heavy atom.